The minimum absolute atomic E-state index is 0.0783. The Balaban J connectivity index is 2.29. The summed E-state index contributed by atoms with van der Waals surface area (Å²) in [6.07, 6.45) is 1.84. The van der Waals surface area contributed by atoms with E-state index in [4.69, 9.17) is 16.3 Å². The highest BCUT2D eigenvalue weighted by Gasteiger charge is 2.40. The molecule has 3 nitrogen and oxygen atoms in total. The van der Waals surface area contributed by atoms with Crippen molar-refractivity contribution in [1.82, 2.24) is 5.32 Å². The Morgan fingerprint density at radius 2 is 2.60 bits per heavy atom. The Kier molecular flexibility index (Phi) is 1.22. The van der Waals surface area contributed by atoms with Gasteiger partial charge in [0.25, 0.3) is 0 Å². The molecule has 2 aliphatic heterocycles. The Hall–Kier alpha value is -0.540. The van der Waals surface area contributed by atoms with Crippen LogP contribution < -0.4 is 5.32 Å². The molecule has 2 unspecified atom stereocenters. The van der Waals surface area contributed by atoms with Crippen molar-refractivity contribution in [3.8, 4) is 0 Å². The number of ether oxygens (including phenoxy) is 1. The molecule has 2 rings (SSSR count). The average Bonchev–Trinajstić information content (AvgIpc) is 2.41. The van der Waals surface area contributed by atoms with Crippen LogP contribution in [0.5, 0.6) is 0 Å². The van der Waals surface area contributed by atoms with Crippen LogP contribution >= 0.6 is 11.6 Å². The quantitative estimate of drug-likeness (QED) is 0.506. The maximum Gasteiger partial charge on any atom is 0.232 e. The minimum atomic E-state index is -0.774. The summed E-state index contributed by atoms with van der Waals surface area (Å²) < 4.78 is 5.01. The molecule has 2 atom stereocenters. The summed E-state index contributed by atoms with van der Waals surface area (Å²) in [5, 5.41) is 2.95. The number of carbonyl (C=O) groups is 1. The molecule has 0 aromatic heterocycles. The highest BCUT2D eigenvalue weighted by molar-refractivity contribution is 6.32. The van der Waals surface area contributed by atoms with Crippen LogP contribution in [0.3, 0.4) is 0 Å². The van der Waals surface area contributed by atoms with Crippen LogP contribution in [0.25, 0.3) is 0 Å². The second kappa shape index (κ2) is 1.97. The van der Waals surface area contributed by atoms with Crippen molar-refractivity contribution < 1.29 is 9.53 Å². The van der Waals surface area contributed by atoms with Gasteiger partial charge < -0.3 is 4.74 Å². The molecule has 0 saturated carbocycles. The molecule has 2 heterocycles. The van der Waals surface area contributed by atoms with E-state index in [0.717, 1.165) is 0 Å². The van der Waals surface area contributed by atoms with Crippen molar-refractivity contribution in [3.63, 3.8) is 0 Å². The van der Waals surface area contributed by atoms with Gasteiger partial charge in [0.05, 0.1) is 0 Å². The summed E-state index contributed by atoms with van der Waals surface area (Å²) in [5.41, 5.74) is -0.774. The second-order valence-electron chi connectivity index (χ2n) is 2.28. The number of rotatable bonds is 0. The molecule has 4 heteroatoms. The highest BCUT2D eigenvalue weighted by atomic mass is 35.5. The average molecular weight is 160 g/mol. The van der Waals surface area contributed by atoms with E-state index in [1.165, 1.54) is 0 Å². The van der Waals surface area contributed by atoms with Gasteiger partial charge in [-0.25, -0.2) is 0 Å². The Morgan fingerprint density at radius 1 is 1.80 bits per heavy atom. The number of Topliss-reactive ketones (excluding diaryl/α,β-unsaturated/α-hetero) is 1. The molecule has 10 heavy (non-hydrogen) atoms. The van der Waals surface area contributed by atoms with E-state index in [-0.39, 0.29) is 11.8 Å². The smallest absolute Gasteiger partial charge is 0.232 e. The van der Waals surface area contributed by atoms with Crippen molar-refractivity contribution in [2.24, 2.45) is 0 Å². The largest absolute Gasteiger partial charge is 0.470 e. The molecule has 1 fully saturated rings. The number of hydrogen-bond acceptors (Lipinski definition) is 3. The lowest BCUT2D eigenvalue weighted by atomic mass is 10.2. The van der Waals surface area contributed by atoms with Crippen LogP contribution in [-0.4, -0.2) is 23.9 Å². The van der Waals surface area contributed by atoms with Crippen molar-refractivity contribution in [2.45, 2.75) is 11.6 Å². The van der Waals surface area contributed by atoms with E-state index in [1.807, 2.05) is 6.08 Å². The van der Waals surface area contributed by atoms with E-state index in [1.54, 1.807) is 0 Å². The normalized spacial score (nSPS) is 37.3. The van der Waals surface area contributed by atoms with E-state index in [9.17, 15) is 4.79 Å². The summed E-state index contributed by atoms with van der Waals surface area (Å²) in [4.78, 5) is 11.0. The third kappa shape index (κ3) is 0.676. The van der Waals surface area contributed by atoms with Crippen molar-refractivity contribution in [1.29, 1.82) is 0 Å². The predicted octanol–water partition coefficient (Wildman–Crippen LogP) is 0.00630. The lowest BCUT2D eigenvalue weighted by Crippen LogP contribution is -2.31. The van der Waals surface area contributed by atoms with Gasteiger partial charge in [0.1, 0.15) is 11.8 Å². The molecule has 0 aromatic carbocycles. The number of halogens is 1. The Bertz CT molecular complexity index is 214. The molecule has 0 radical (unpaired) electrons. The van der Waals surface area contributed by atoms with Gasteiger partial charge in [-0.2, -0.15) is 0 Å². The van der Waals surface area contributed by atoms with Gasteiger partial charge in [-0.05, 0) is 6.08 Å². The first kappa shape index (κ1) is 6.19. The first-order valence-electron chi connectivity index (χ1n) is 3.07. The SMILES string of the molecule is O=C1C(Cl)OC2=CCNC12. The summed E-state index contributed by atoms with van der Waals surface area (Å²) in [7, 11) is 0. The van der Waals surface area contributed by atoms with Crippen molar-refractivity contribution in [2.75, 3.05) is 6.54 Å². The van der Waals surface area contributed by atoms with Gasteiger partial charge in [-0.15, -0.1) is 0 Å². The van der Waals surface area contributed by atoms with E-state index in [0.29, 0.717) is 12.3 Å². The minimum Gasteiger partial charge on any atom is -0.470 e. The van der Waals surface area contributed by atoms with Gasteiger partial charge >= 0.3 is 0 Å². The molecule has 0 amide bonds. The summed E-state index contributed by atoms with van der Waals surface area (Å²) in [5.74, 6) is 0.607. The third-order valence-electron chi connectivity index (χ3n) is 1.66. The second-order valence-corrected chi connectivity index (χ2v) is 2.68. The predicted molar refractivity (Wildman–Crippen MR) is 35.6 cm³/mol. The molecule has 0 aromatic rings. The molecular formula is C6H6ClNO2. The van der Waals surface area contributed by atoms with E-state index < -0.39 is 5.56 Å². The number of fused-ring (bicyclic) bond motifs is 1. The van der Waals surface area contributed by atoms with Crippen LogP contribution in [0, 0.1) is 0 Å². The fraction of sp³-hybridized carbons (Fsp3) is 0.500. The molecule has 0 aliphatic carbocycles. The topological polar surface area (TPSA) is 38.3 Å². The first-order chi connectivity index (χ1) is 4.79. The van der Waals surface area contributed by atoms with Crippen molar-refractivity contribution in [3.05, 3.63) is 11.8 Å². The fourth-order valence-corrected chi connectivity index (χ4v) is 1.39. The first-order valence-corrected chi connectivity index (χ1v) is 3.50. The van der Waals surface area contributed by atoms with E-state index >= 15 is 0 Å². The van der Waals surface area contributed by atoms with Crippen LogP contribution in [0.15, 0.2) is 11.8 Å². The monoisotopic (exact) mass is 159 g/mol. The standard InChI is InChI=1S/C6H6ClNO2/c7-6-5(9)4-3(10-6)1-2-8-4/h1,4,6,8H,2H2. The number of hydrogen-bond donors (Lipinski definition) is 1. The number of nitrogens with one attached hydrogen (secondary N) is 1. The maximum absolute atomic E-state index is 11.0. The zero-order valence-corrected chi connectivity index (χ0v) is 5.89. The molecule has 0 spiro atoms. The van der Waals surface area contributed by atoms with Gasteiger partial charge in [-0.3, -0.25) is 10.1 Å². The molecule has 1 saturated heterocycles. The molecule has 0 bridgehead atoms. The summed E-state index contributed by atoms with van der Waals surface area (Å²) in [6.45, 7) is 0.704. The Labute approximate surface area is 63.0 Å². The highest BCUT2D eigenvalue weighted by Crippen LogP contribution is 2.25. The number of alkyl halides is 1. The van der Waals surface area contributed by atoms with Crippen molar-refractivity contribution >= 4 is 17.4 Å². The van der Waals surface area contributed by atoms with Gasteiger partial charge in [0.2, 0.25) is 11.3 Å². The molecular weight excluding hydrogens is 154 g/mol. The van der Waals surface area contributed by atoms with E-state index in [2.05, 4.69) is 5.32 Å². The van der Waals surface area contributed by atoms with Crippen LogP contribution in [0.2, 0.25) is 0 Å². The number of ketones is 1. The van der Waals surface area contributed by atoms with Gasteiger partial charge in [0, 0.05) is 6.54 Å². The van der Waals surface area contributed by atoms with Crippen LogP contribution in [-0.2, 0) is 9.53 Å². The zero-order valence-electron chi connectivity index (χ0n) is 5.13. The van der Waals surface area contributed by atoms with Gasteiger partial charge in [-0.1, -0.05) is 11.6 Å². The maximum atomic E-state index is 11.0. The van der Waals surface area contributed by atoms with Gasteiger partial charge in [0.15, 0.2) is 0 Å². The fourth-order valence-electron chi connectivity index (χ4n) is 1.16. The third-order valence-corrected chi connectivity index (χ3v) is 1.96. The molecule has 2 aliphatic rings. The Morgan fingerprint density at radius 3 is 3.30 bits per heavy atom. The summed E-state index contributed by atoms with van der Waals surface area (Å²) in [6, 6.07) is -0.262. The summed E-state index contributed by atoms with van der Waals surface area (Å²) >= 11 is 5.51. The van der Waals surface area contributed by atoms with Crippen LogP contribution in [0.4, 0.5) is 0 Å². The van der Waals surface area contributed by atoms with Crippen LogP contribution in [0.1, 0.15) is 0 Å². The lowest BCUT2D eigenvalue weighted by molar-refractivity contribution is -0.120. The lowest BCUT2D eigenvalue weighted by Gasteiger charge is -1.98. The molecule has 1 N–H and O–H groups in total. The zero-order chi connectivity index (χ0) is 7.14. The molecule has 54 valence electrons. The number of carbonyl (C=O) groups excluding carboxylic acids is 1.